The van der Waals surface area contributed by atoms with Crippen molar-refractivity contribution in [2.24, 2.45) is 0 Å². The van der Waals surface area contributed by atoms with Gasteiger partial charge < -0.3 is 18.9 Å². The number of sulfone groups is 2. The first-order valence-electron chi connectivity index (χ1n) is 13.4. The smallest absolute Gasteiger partial charge is 0.214 e. The zero-order valence-corrected chi connectivity index (χ0v) is 24.4. The molecule has 4 aromatic rings. The summed E-state index contributed by atoms with van der Waals surface area (Å²) in [5.74, 6) is -1.59. The van der Waals surface area contributed by atoms with Crippen molar-refractivity contribution < 1.29 is 45.4 Å². The lowest BCUT2D eigenvalue weighted by Gasteiger charge is -2.20. The number of benzene rings is 3. The van der Waals surface area contributed by atoms with Crippen LogP contribution in [0.4, 0.5) is 0 Å². The van der Waals surface area contributed by atoms with Gasteiger partial charge in [0, 0.05) is 23.3 Å². The van der Waals surface area contributed by atoms with Crippen molar-refractivity contribution in [3.63, 3.8) is 0 Å². The summed E-state index contributed by atoms with van der Waals surface area (Å²) in [6.45, 7) is 1.13. The predicted molar refractivity (Wildman–Crippen MR) is 152 cm³/mol. The van der Waals surface area contributed by atoms with E-state index in [1.165, 1.54) is 48.5 Å². The van der Waals surface area contributed by atoms with Crippen LogP contribution in [0.5, 0.6) is 23.0 Å². The highest BCUT2D eigenvalue weighted by molar-refractivity contribution is 7.91. The van der Waals surface area contributed by atoms with Crippen LogP contribution >= 0.6 is 0 Å². The highest BCUT2D eigenvalue weighted by Gasteiger charge is 2.35. The van der Waals surface area contributed by atoms with Gasteiger partial charge >= 0.3 is 0 Å². The second kappa shape index (κ2) is 10.4. The minimum Gasteiger partial charge on any atom is -0.486 e. The van der Waals surface area contributed by atoms with E-state index in [0.29, 0.717) is 24.7 Å². The first-order valence-corrected chi connectivity index (χ1v) is 16.7. The van der Waals surface area contributed by atoms with E-state index in [9.17, 15) is 26.4 Å². The van der Waals surface area contributed by atoms with Crippen molar-refractivity contribution in [3.05, 3.63) is 94.6 Å². The third kappa shape index (κ3) is 4.85. The summed E-state index contributed by atoms with van der Waals surface area (Å²) in [5, 5.41) is 0. The third-order valence-electron chi connectivity index (χ3n) is 7.30. The molecule has 0 saturated heterocycles. The van der Waals surface area contributed by atoms with E-state index in [1.54, 1.807) is 12.1 Å². The van der Waals surface area contributed by atoms with Gasteiger partial charge in [-0.05, 0) is 24.3 Å². The number of nitrogens with zero attached hydrogens (tertiary/aromatic N) is 2. The van der Waals surface area contributed by atoms with Gasteiger partial charge in [0.2, 0.25) is 11.6 Å². The Hall–Kier alpha value is -4.82. The molecule has 3 heterocycles. The molecule has 44 heavy (non-hydrogen) atoms. The molecule has 7 rings (SSSR count). The molecule has 1 aromatic heterocycles. The van der Waals surface area contributed by atoms with Crippen LogP contribution in [0.3, 0.4) is 0 Å². The quantitative estimate of drug-likeness (QED) is 0.269. The molecular weight excluding hydrogens is 612 g/mol. The minimum atomic E-state index is -4.19. The molecule has 12 nitrogen and oxygen atoms in total. The molecule has 0 amide bonds. The van der Waals surface area contributed by atoms with Crippen molar-refractivity contribution in [2.75, 3.05) is 26.4 Å². The van der Waals surface area contributed by atoms with Crippen LogP contribution < -0.4 is 18.9 Å². The van der Waals surface area contributed by atoms with E-state index in [0.717, 1.165) is 0 Å². The van der Waals surface area contributed by atoms with E-state index in [2.05, 4.69) is 9.97 Å². The number of rotatable bonds is 6. The molecule has 14 heteroatoms. The number of hydrogen-bond donors (Lipinski definition) is 0. The highest BCUT2D eigenvalue weighted by Crippen LogP contribution is 2.36. The normalized spacial score (nSPS) is 15.4. The number of hydrogen-bond acceptors (Lipinski definition) is 12. The Morgan fingerprint density at radius 2 is 0.932 bits per heavy atom. The van der Waals surface area contributed by atoms with Crippen LogP contribution in [0, 0.1) is 0 Å². The van der Waals surface area contributed by atoms with Gasteiger partial charge in [-0.1, -0.05) is 24.3 Å². The zero-order chi connectivity index (χ0) is 30.6. The van der Waals surface area contributed by atoms with Gasteiger partial charge in [0.25, 0.3) is 0 Å². The van der Waals surface area contributed by atoms with Crippen molar-refractivity contribution in [3.8, 4) is 23.0 Å². The van der Waals surface area contributed by atoms with Gasteiger partial charge in [-0.3, -0.25) is 9.59 Å². The number of fused-ring (bicyclic) bond motifs is 4. The molecule has 0 N–H and O–H groups in total. The topological polar surface area (TPSA) is 165 Å². The summed E-state index contributed by atoms with van der Waals surface area (Å²) >= 11 is 0. The number of ether oxygens (including phenoxy) is 4. The highest BCUT2D eigenvalue weighted by atomic mass is 32.2. The third-order valence-corrected chi connectivity index (χ3v) is 10.5. The molecule has 1 aliphatic carbocycles. The summed E-state index contributed by atoms with van der Waals surface area (Å²) in [6.07, 6.45) is 0. The van der Waals surface area contributed by atoms with E-state index in [-0.39, 0.29) is 68.4 Å². The zero-order valence-electron chi connectivity index (χ0n) is 22.8. The van der Waals surface area contributed by atoms with Crippen LogP contribution in [0.25, 0.3) is 0 Å². The molecule has 0 bridgehead atoms. The van der Waals surface area contributed by atoms with Gasteiger partial charge in [-0.15, -0.1) is 0 Å². The molecule has 224 valence electrons. The number of carbonyl (C=O) groups excluding carboxylic acids is 2. The lowest BCUT2D eigenvalue weighted by atomic mass is 9.89. The van der Waals surface area contributed by atoms with Gasteiger partial charge in [0.1, 0.15) is 37.8 Å². The Morgan fingerprint density at radius 3 is 1.34 bits per heavy atom. The van der Waals surface area contributed by atoms with Crippen LogP contribution in [0.2, 0.25) is 0 Å². The largest absolute Gasteiger partial charge is 0.486 e. The van der Waals surface area contributed by atoms with Crippen LogP contribution in [0.1, 0.15) is 43.5 Å². The van der Waals surface area contributed by atoms with Gasteiger partial charge in [0.05, 0.1) is 32.7 Å². The number of carbonyl (C=O) groups is 2. The summed E-state index contributed by atoms with van der Waals surface area (Å²) in [4.78, 5) is 35.1. The first-order chi connectivity index (χ1) is 21.1. The first kappa shape index (κ1) is 28.0. The molecule has 2 aliphatic heterocycles. The van der Waals surface area contributed by atoms with Crippen molar-refractivity contribution in [1.29, 1.82) is 0 Å². The Morgan fingerprint density at radius 1 is 0.545 bits per heavy atom. The van der Waals surface area contributed by atoms with Gasteiger partial charge in [-0.25, -0.2) is 26.8 Å². The van der Waals surface area contributed by atoms with E-state index >= 15 is 0 Å². The molecule has 0 fully saturated rings. The van der Waals surface area contributed by atoms with Crippen LogP contribution in [-0.4, -0.2) is 64.8 Å². The molecule has 3 aromatic carbocycles. The fraction of sp³-hybridized carbons (Fsp3) is 0.200. The molecular formula is C30H22N2O10S2. The fourth-order valence-electron chi connectivity index (χ4n) is 5.15. The summed E-state index contributed by atoms with van der Waals surface area (Å²) < 4.78 is 76.6. The van der Waals surface area contributed by atoms with Crippen molar-refractivity contribution in [2.45, 2.75) is 21.3 Å². The molecule has 0 radical (unpaired) electrons. The van der Waals surface area contributed by atoms with Crippen molar-refractivity contribution in [1.82, 2.24) is 9.97 Å². The van der Waals surface area contributed by atoms with E-state index in [4.69, 9.17) is 18.9 Å². The summed E-state index contributed by atoms with van der Waals surface area (Å²) in [5.41, 5.74) is -1.06. The van der Waals surface area contributed by atoms with Gasteiger partial charge in [-0.2, -0.15) is 0 Å². The molecule has 0 unspecified atom stereocenters. The number of aromatic nitrogens is 2. The van der Waals surface area contributed by atoms with Gasteiger partial charge in [0.15, 0.2) is 42.7 Å². The SMILES string of the molecule is O=C1c2ccccc2C(=O)c2nc(CS(=O)(=O)c3ccc4c(c3)OCCO4)c(CS(=O)(=O)c3ccc4c(c3)OCCO4)nc21. The molecule has 0 spiro atoms. The summed E-state index contributed by atoms with van der Waals surface area (Å²) in [6, 6.07) is 14.3. The van der Waals surface area contributed by atoms with Crippen LogP contribution in [-0.2, 0) is 31.2 Å². The average molecular weight is 635 g/mol. The Kier molecular flexibility index (Phi) is 6.62. The van der Waals surface area contributed by atoms with E-state index < -0.39 is 42.7 Å². The maximum absolute atomic E-state index is 13.7. The predicted octanol–water partition coefficient (Wildman–Crippen LogP) is 2.74. The minimum absolute atomic E-state index is 0.0941. The van der Waals surface area contributed by atoms with E-state index in [1.807, 2.05) is 0 Å². The maximum Gasteiger partial charge on any atom is 0.214 e. The average Bonchev–Trinajstić information content (AvgIpc) is 3.03. The second-order valence-corrected chi connectivity index (χ2v) is 14.1. The second-order valence-electron chi connectivity index (χ2n) is 10.1. The molecule has 0 atom stereocenters. The monoisotopic (exact) mass is 634 g/mol. The number of ketones is 2. The maximum atomic E-state index is 13.7. The van der Waals surface area contributed by atoms with Crippen LogP contribution in [0.15, 0.2) is 70.5 Å². The lowest BCUT2D eigenvalue weighted by molar-refractivity contribution is 0.0971. The van der Waals surface area contributed by atoms with Crippen molar-refractivity contribution >= 4 is 31.2 Å². The Balaban J connectivity index is 1.33. The summed E-state index contributed by atoms with van der Waals surface area (Å²) in [7, 11) is -8.37. The Labute approximate surface area is 251 Å². The Bertz CT molecular complexity index is 1960. The fourth-order valence-corrected chi connectivity index (χ4v) is 7.79. The lowest BCUT2D eigenvalue weighted by Crippen LogP contribution is -2.27. The standard InChI is InChI=1S/C30H22N2O10S2/c33-29-19-3-1-2-4-20(19)30(34)28-27(29)31-21(15-43(35,36)17-5-7-23-25(13-17)41-11-9-39-23)22(32-28)16-44(37,38)18-6-8-24-26(14-18)42-12-10-40-24/h1-8,13-14H,9-12,15-16H2. The molecule has 0 saturated carbocycles. The molecule has 3 aliphatic rings.